The number of methoxy groups -OCH3 is 2. The molecule has 0 aliphatic rings. The topological polar surface area (TPSA) is 62.3 Å². The molecule has 0 saturated carbocycles. The number of fused-ring (bicyclic) bond motifs is 1. The van der Waals surface area contributed by atoms with E-state index in [1.165, 1.54) is 0 Å². The van der Waals surface area contributed by atoms with Gasteiger partial charge in [0.25, 0.3) is 0 Å². The summed E-state index contributed by atoms with van der Waals surface area (Å²) in [5.41, 5.74) is 7.87. The van der Waals surface area contributed by atoms with E-state index in [1.54, 1.807) is 14.2 Å². The smallest absolute Gasteiger partial charge is 0.201 e. The van der Waals surface area contributed by atoms with Gasteiger partial charge in [-0.05, 0) is 18.6 Å². The normalized spacial score (nSPS) is 12.8. The fourth-order valence-electron chi connectivity index (χ4n) is 2.18. The molecule has 0 amide bonds. The number of ether oxygens (including phenoxy) is 2. The van der Waals surface area contributed by atoms with E-state index in [9.17, 15) is 0 Å². The van der Waals surface area contributed by atoms with Crippen molar-refractivity contribution in [3.63, 3.8) is 0 Å². The van der Waals surface area contributed by atoms with Crippen molar-refractivity contribution >= 4 is 17.0 Å². The molecule has 0 aliphatic carbocycles. The number of benzene rings is 1. The van der Waals surface area contributed by atoms with Gasteiger partial charge >= 0.3 is 0 Å². The Labute approximate surface area is 107 Å². The minimum atomic E-state index is 0.202. The summed E-state index contributed by atoms with van der Waals surface area (Å²) in [6.07, 6.45) is 0.940. The van der Waals surface area contributed by atoms with E-state index in [0.29, 0.717) is 12.6 Å². The number of hydrogen-bond acceptors (Lipinski definition) is 4. The average molecular weight is 249 g/mol. The van der Waals surface area contributed by atoms with Gasteiger partial charge in [0.2, 0.25) is 5.95 Å². The molecule has 5 nitrogen and oxygen atoms in total. The van der Waals surface area contributed by atoms with Gasteiger partial charge in [-0.15, -0.1) is 0 Å². The third kappa shape index (κ3) is 2.13. The quantitative estimate of drug-likeness (QED) is 0.882. The number of imidazole rings is 1. The Hall–Kier alpha value is -1.75. The highest BCUT2D eigenvalue weighted by Crippen LogP contribution is 2.27. The maximum absolute atomic E-state index is 6.01. The Balaban J connectivity index is 2.52. The lowest BCUT2D eigenvalue weighted by atomic mass is 10.2. The van der Waals surface area contributed by atoms with Crippen molar-refractivity contribution in [3.8, 4) is 5.75 Å². The molecule has 0 aliphatic heterocycles. The van der Waals surface area contributed by atoms with Crippen LogP contribution in [0.15, 0.2) is 18.2 Å². The number of nitrogens with zero attached hydrogens (tertiary/aromatic N) is 2. The molecule has 0 fully saturated rings. The Morgan fingerprint density at radius 2 is 2.17 bits per heavy atom. The van der Waals surface area contributed by atoms with E-state index >= 15 is 0 Å². The Morgan fingerprint density at radius 3 is 2.78 bits per heavy atom. The van der Waals surface area contributed by atoms with Crippen LogP contribution in [0.3, 0.4) is 0 Å². The molecule has 2 aromatic rings. The Bertz CT molecular complexity index is 536. The number of nitrogens with two attached hydrogens (primary N) is 1. The molecule has 2 N–H and O–H groups in total. The van der Waals surface area contributed by atoms with Gasteiger partial charge in [-0.25, -0.2) is 4.98 Å². The molecule has 2 rings (SSSR count). The molecule has 1 aromatic carbocycles. The van der Waals surface area contributed by atoms with Crippen LogP contribution in [-0.2, 0) is 4.74 Å². The van der Waals surface area contributed by atoms with Crippen molar-refractivity contribution in [2.75, 3.05) is 26.6 Å². The van der Waals surface area contributed by atoms with Crippen molar-refractivity contribution in [2.24, 2.45) is 0 Å². The van der Waals surface area contributed by atoms with E-state index in [4.69, 9.17) is 15.2 Å². The summed E-state index contributed by atoms with van der Waals surface area (Å²) in [6.45, 7) is 2.73. The van der Waals surface area contributed by atoms with E-state index < -0.39 is 0 Å². The molecular weight excluding hydrogens is 230 g/mol. The summed E-state index contributed by atoms with van der Waals surface area (Å²) in [6, 6.07) is 5.99. The SMILES string of the molecule is CCC(COC)n1c(N)nc2cc(OC)ccc21. The van der Waals surface area contributed by atoms with Crippen LogP contribution >= 0.6 is 0 Å². The van der Waals surface area contributed by atoms with Crippen LogP contribution in [0.2, 0.25) is 0 Å². The molecule has 0 saturated heterocycles. The van der Waals surface area contributed by atoms with E-state index in [2.05, 4.69) is 11.9 Å². The fraction of sp³-hybridized carbons (Fsp3) is 0.462. The highest BCUT2D eigenvalue weighted by atomic mass is 16.5. The molecular formula is C13H19N3O2. The van der Waals surface area contributed by atoms with Crippen LogP contribution in [0.4, 0.5) is 5.95 Å². The highest BCUT2D eigenvalue weighted by molar-refractivity contribution is 5.80. The molecule has 1 heterocycles. The number of rotatable bonds is 5. The monoisotopic (exact) mass is 249 g/mol. The van der Waals surface area contributed by atoms with Crippen molar-refractivity contribution < 1.29 is 9.47 Å². The van der Waals surface area contributed by atoms with Crippen LogP contribution in [0, 0.1) is 0 Å². The molecule has 18 heavy (non-hydrogen) atoms. The van der Waals surface area contributed by atoms with Gasteiger partial charge in [0.1, 0.15) is 5.75 Å². The van der Waals surface area contributed by atoms with Crippen LogP contribution in [0.5, 0.6) is 5.75 Å². The van der Waals surface area contributed by atoms with E-state index in [0.717, 1.165) is 23.2 Å². The third-order valence-corrected chi connectivity index (χ3v) is 3.12. The van der Waals surface area contributed by atoms with Crippen molar-refractivity contribution in [1.29, 1.82) is 0 Å². The second-order valence-corrected chi connectivity index (χ2v) is 4.21. The van der Waals surface area contributed by atoms with E-state index in [1.807, 2.05) is 22.8 Å². The zero-order chi connectivity index (χ0) is 13.1. The predicted octanol–water partition coefficient (Wildman–Crippen LogP) is 2.22. The first-order valence-corrected chi connectivity index (χ1v) is 6.01. The highest BCUT2D eigenvalue weighted by Gasteiger charge is 2.16. The average Bonchev–Trinajstić information content (AvgIpc) is 2.71. The minimum absolute atomic E-state index is 0.202. The molecule has 1 aromatic heterocycles. The van der Waals surface area contributed by atoms with Crippen LogP contribution in [-0.4, -0.2) is 30.4 Å². The first-order chi connectivity index (χ1) is 8.71. The Morgan fingerprint density at radius 1 is 1.39 bits per heavy atom. The van der Waals surface area contributed by atoms with Gasteiger partial charge in [-0.1, -0.05) is 6.92 Å². The van der Waals surface area contributed by atoms with Gasteiger partial charge in [0.05, 0.1) is 30.8 Å². The van der Waals surface area contributed by atoms with Crippen molar-refractivity contribution in [3.05, 3.63) is 18.2 Å². The second kappa shape index (κ2) is 5.27. The Kier molecular flexibility index (Phi) is 3.72. The fourth-order valence-corrected chi connectivity index (χ4v) is 2.18. The lowest BCUT2D eigenvalue weighted by Gasteiger charge is -2.18. The summed E-state index contributed by atoms with van der Waals surface area (Å²) >= 11 is 0. The maximum atomic E-state index is 6.01. The molecule has 0 spiro atoms. The summed E-state index contributed by atoms with van der Waals surface area (Å²) in [5.74, 6) is 1.30. The number of aromatic nitrogens is 2. The van der Waals surface area contributed by atoms with Gasteiger partial charge in [-0.2, -0.15) is 0 Å². The molecule has 5 heteroatoms. The van der Waals surface area contributed by atoms with Crippen LogP contribution < -0.4 is 10.5 Å². The largest absolute Gasteiger partial charge is 0.497 e. The first-order valence-electron chi connectivity index (χ1n) is 6.01. The number of anilines is 1. The predicted molar refractivity (Wildman–Crippen MR) is 71.9 cm³/mol. The molecule has 1 unspecified atom stereocenters. The lowest BCUT2D eigenvalue weighted by molar-refractivity contribution is 0.155. The van der Waals surface area contributed by atoms with Gasteiger partial charge in [0, 0.05) is 13.2 Å². The van der Waals surface area contributed by atoms with Crippen molar-refractivity contribution in [1.82, 2.24) is 9.55 Å². The molecule has 1 atom stereocenters. The summed E-state index contributed by atoms with van der Waals surface area (Å²) in [4.78, 5) is 4.38. The zero-order valence-corrected chi connectivity index (χ0v) is 11.0. The summed E-state index contributed by atoms with van der Waals surface area (Å²) < 4.78 is 12.5. The van der Waals surface area contributed by atoms with Crippen molar-refractivity contribution in [2.45, 2.75) is 19.4 Å². The maximum Gasteiger partial charge on any atom is 0.201 e. The minimum Gasteiger partial charge on any atom is -0.497 e. The molecule has 98 valence electrons. The number of nitrogen functional groups attached to an aromatic ring is 1. The zero-order valence-electron chi connectivity index (χ0n) is 11.0. The van der Waals surface area contributed by atoms with Gasteiger partial charge < -0.3 is 19.8 Å². The molecule has 0 bridgehead atoms. The summed E-state index contributed by atoms with van der Waals surface area (Å²) in [5, 5.41) is 0. The second-order valence-electron chi connectivity index (χ2n) is 4.21. The molecule has 0 radical (unpaired) electrons. The number of hydrogen-bond donors (Lipinski definition) is 1. The first kappa shape index (κ1) is 12.7. The van der Waals surface area contributed by atoms with Gasteiger partial charge in [-0.3, -0.25) is 0 Å². The van der Waals surface area contributed by atoms with Gasteiger partial charge in [0.15, 0.2) is 0 Å². The summed E-state index contributed by atoms with van der Waals surface area (Å²) in [7, 11) is 3.34. The third-order valence-electron chi connectivity index (χ3n) is 3.12. The standard InChI is InChI=1S/C13H19N3O2/c1-4-9(8-17-2)16-12-6-5-10(18-3)7-11(12)15-13(16)14/h5-7,9H,4,8H2,1-3H3,(H2,14,15). The van der Waals surface area contributed by atoms with Crippen LogP contribution in [0.1, 0.15) is 19.4 Å². The van der Waals surface area contributed by atoms with E-state index in [-0.39, 0.29) is 6.04 Å². The lowest BCUT2D eigenvalue weighted by Crippen LogP contribution is -2.15. The van der Waals surface area contributed by atoms with Crippen LogP contribution in [0.25, 0.3) is 11.0 Å².